The van der Waals surface area contributed by atoms with Gasteiger partial charge in [0.15, 0.2) is 0 Å². The van der Waals surface area contributed by atoms with E-state index in [0.717, 1.165) is 0 Å². The molecule has 18 heavy (non-hydrogen) atoms. The van der Waals surface area contributed by atoms with Gasteiger partial charge < -0.3 is 15.5 Å². The van der Waals surface area contributed by atoms with Crippen LogP contribution in [0.5, 0.6) is 0 Å². The summed E-state index contributed by atoms with van der Waals surface area (Å²) in [5.74, 6) is -1.18. The number of rotatable bonds is 6. The van der Waals surface area contributed by atoms with Gasteiger partial charge in [0.1, 0.15) is 0 Å². The number of carbonyl (C=O) groups excluding carboxylic acids is 1. The average molecular weight is 259 g/mol. The Kier molecular flexibility index (Phi) is 4.94. The van der Waals surface area contributed by atoms with Crippen LogP contribution >= 0.6 is 0 Å². The van der Waals surface area contributed by atoms with Crippen LogP contribution in [0, 0.1) is 5.41 Å². The zero-order valence-corrected chi connectivity index (χ0v) is 12.1. The quantitative estimate of drug-likeness (QED) is 0.675. The van der Waals surface area contributed by atoms with E-state index in [1.165, 1.54) is 0 Å². The van der Waals surface area contributed by atoms with E-state index < -0.39 is 22.5 Å². The second-order valence-electron chi connectivity index (χ2n) is 6.64. The van der Waals surface area contributed by atoms with Crippen LogP contribution in [0.15, 0.2) is 0 Å². The minimum absolute atomic E-state index is 0.0661. The van der Waals surface area contributed by atoms with Crippen molar-refractivity contribution in [2.24, 2.45) is 5.41 Å². The van der Waals surface area contributed by atoms with E-state index in [1.54, 1.807) is 41.5 Å². The highest BCUT2D eigenvalue weighted by Crippen LogP contribution is 2.26. The van der Waals surface area contributed by atoms with Crippen molar-refractivity contribution in [1.82, 2.24) is 5.32 Å². The van der Waals surface area contributed by atoms with Crippen LogP contribution in [0.2, 0.25) is 0 Å². The van der Waals surface area contributed by atoms with Crippen LogP contribution in [0.4, 0.5) is 0 Å². The molecule has 0 aromatic carbocycles. The Bertz CT molecular complexity index is 326. The van der Waals surface area contributed by atoms with Crippen molar-refractivity contribution in [3.63, 3.8) is 0 Å². The molecule has 0 saturated carbocycles. The van der Waals surface area contributed by atoms with Crippen molar-refractivity contribution in [2.75, 3.05) is 0 Å². The zero-order valence-electron chi connectivity index (χ0n) is 12.1. The predicted octanol–water partition coefficient (Wildman–Crippen LogP) is 1.54. The maximum absolute atomic E-state index is 11.9. The van der Waals surface area contributed by atoms with Gasteiger partial charge in [-0.05, 0) is 33.1 Å². The van der Waals surface area contributed by atoms with Gasteiger partial charge in [-0.25, -0.2) is 0 Å². The SMILES string of the molecule is CC(C)(CC(=O)O)CC(=O)NC(C)(C)C(C)(C)O. The molecule has 0 rings (SSSR count). The van der Waals surface area contributed by atoms with Crippen molar-refractivity contribution < 1.29 is 19.8 Å². The molecule has 106 valence electrons. The fraction of sp³-hybridized carbons (Fsp3) is 0.846. The number of aliphatic carboxylic acids is 1. The first-order valence-corrected chi connectivity index (χ1v) is 6.02. The van der Waals surface area contributed by atoms with E-state index in [4.69, 9.17) is 5.11 Å². The molecule has 0 unspecified atom stereocenters. The Morgan fingerprint density at radius 2 is 1.44 bits per heavy atom. The number of carboxylic acids is 1. The summed E-state index contributed by atoms with van der Waals surface area (Å²) in [5.41, 5.74) is -2.44. The Hall–Kier alpha value is -1.10. The highest BCUT2D eigenvalue weighted by atomic mass is 16.4. The molecule has 0 aliphatic rings. The van der Waals surface area contributed by atoms with Crippen LogP contribution < -0.4 is 5.32 Å². The first kappa shape index (κ1) is 16.9. The highest BCUT2D eigenvalue weighted by molar-refractivity contribution is 5.78. The van der Waals surface area contributed by atoms with Gasteiger partial charge in [-0.3, -0.25) is 9.59 Å². The molecule has 0 radical (unpaired) electrons. The first-order chi connectivity index (χ1) is 7.77. The lowest BCUT2D eigenvalue weighted by Gasteiger charge is -2.38. The predicted molar refractivity (Wildman–Crippen MR) is 69.2 cm³/mol. The number of nitrogens with one attached hydrogen (secondary N) is 1. The van der Waals surface area contributed by atoms with Gasteiger partial charge in [-0.1, -0.05) is 13.8 Å². The van der Waals surface area contributed by atoms with E-state index in [-0.39, 0.29) is 18.7 Å². The molecule has 3 N–H and O–H groups in total. The average Bonchev–Trinajstić information content (AvgIpc) is 1.94. The van der Waals surface area contributed by atoms with E-state index in [0.29, 0.717) is 0 Å². The fourth-order valence-corrected chi connectivity index (χ4v) is 1.45. The topological polar surface area (TPSA) is 86.6 Å². The van der Waals surface area contributed by atoms with Gasteiger partial charge in [-0.15, -0.1) is 0 Å². The normalized spacial score (nSPS) is 13.3. The summed E-state index contributed by atoms with van der Waals surface area (Å²) in [5, 5.41) is 21.4. The molecule has 0 atom stereocenters. The molecule has 0 aromatic rings. The van der Waals surface area contributed by atoms with Gasteiger partial charge in [0.25, 0.3) is 0 Å². The summed E-state index contributed by atoms with van der Waals surface area (Å²) >= 11 is 0. The monoisotopic (exact) mass is 259 g/mol. The second-order valence-corrected chi connectivity index (χ2v) is 6.64. The summed E-state index contributed by atoms with van der Waals surface area (Å²) < 4.78 is 0. The molecule has 0 saturated heterocycles. The molecule has 0 bridgehead atoms. The molecule has 5 nitrogen and oxygen atoms in total. The van der Waals surface area contributed by atoms with E-state index in [1.807, 2.05) is 0 Å². The van der Waals surface area contributed by atoms with E-state index in [2.05, 4.69) is 5.32 Å². The molecule has 0 aliphatic heterocycles. The van der Waals surface area contributed by atoms with Crippen LogP contribution in [0.1, 0.15) is 54.4 Å². The number of amides is 1. The Balaban J connectivity index is 4.58. The Morgan fingerprint density at radius 3 is 1.78 bits per heavy atom. The summed E-state index contributed by atoms with van der Waals surface area (Å²) in [6.45, 7) is 10.2. The van der Waals surface area contributed by atoms with Crippen molar-refractivity contribution >= 4 is 11.9 Å². The summed E-state index contributed by atoms with van der Waals surface area (Å²) in [6.07, 6.45) is 0.0438. The summed E-state index contributed by atoms with van der Waals surface area (Å²) in [7, 11) is 0. The van der Waals surface area contributed by atoms with Crippen molar-refractivity contribution in [1.29, 1.82) is 0 Å². The van der Waals surface area contributed by atoms with Crippen molar-refractivity contribution in [2.45, 2.75) is 65.5 Å². The highest BCUT2D eigenvalue weighted by Gasteiger charge is 2.37. The number of carbonyl (C=O) groups is 2. The molecule has 0 heterocycles. The molecule has 0 spiro atoms. The summed E-state index contributed by atoms with van der Waals surface area (Å²) in [6, 6.07) is 0. The van der Waals surface area contributed by atoms with Gasteiger partial charge in [-0.2, -0.15) is 0 Å². The van der Waals surface area contributed by atoms with Gasteiger partial charge in [0.2, 0.25) is 5.91 Å². The molecular weight excluding hydrogens is 234 g/mol. The molecular formula is C13H25NO4. The number of carboxylic acid groups (broad SMARTS) is 1. The number of aliphatic hydroxyl groups is 1. The third-order valence-electron chi connectivity index (χ3n) is 3.25. The molecule has 1 amide bonds. The fourth-order valence-electron chi connectivity index (χ4n) is 1.45. The van der Waals surface area contributed by atoms with Crippen LogP contribution in [-0.4, -0.2) is 33.2 Å². The van der Waals surface area contributed by atoms with Crippen LogP contribution in [0.25, 0.3) is 0 Å². The standard InChI is InChI=1S/C13H25NO4/c1-11(2,8-10(16)17)7-9(15)14-12(3,4)13(5,6)18/h18H,7-8H2,1-6H3,(H,14,15)(H,16,17). The minimum Gasteiger partial charge on any atom is -0.481 e. The Morgan fingerprint density at radius 1 is 1.00 bits per heavy atom. The first-order valence-electron chi connectivity index (χ1n) is 6.02. The Labute approximate surface area is 109 Å². The van der Waals surface area contributed by atoms with Crippen LogP contribution in [0.3, 0.4) is 0 Å². The maximum Gasteiger partial charge on any atom is 0.303 e. The smallest absolute Gasteiger partial charge is 0.303 e. The lowest BCUT2D eigenvalue weighted by atomic mass is 9.83. The largest absolute Gasteiger partial charge is 0.481 e. The zero-order chi connectivity index (χ0) is 14.8. The van der Waals surface area contributed by atoms with Gasteiger partial charge in [0.05, 0.1) is 17.6 Å². The van der Waals surface area contributed by atoms with Gasteiger partial charge in [0, 0.05) is 6.42 Å². The molecule has 5 heteroatoms. The second kappa shape index (κ2) is 5.26. The lowest BCUT2D eigenvalue weighted by Crippen LogP contribution is -2.58. The maximum atomic E-state index is 11.9. The van der Waals surface area contributed by atoms with Gasteiger partial charge >= 0.3 is 5.97 Å². The van der Waals surface area contributed by atoms with E-state index >= 15 is 0 Å². The lowest BCUT2D eigenvalue weighted by molar-refractivity contribution is -0.140. The third kappa shape index (κ3) is 5.49. The van der Waals surface area contributed by atoms with E-state index in [9.17, 15) is 14.7 Å². The van der Waals surface area contributed by atoms with Crippen LogP contribution in [-0.2, 0) is 9.59 Å². The molecule has 0 aliphatic carbocycles. The summed E-state index contributed by atoms with van der Waals surface area (Å²) in [4.78, 5) is 22.6. The third-order valence-corrected chi connectivity index (χ3v) is 3.25. The number of hydrogen-bond acceptors (Lipinski definition) is 3. The van der Waals surface area contributed by atoms with Crippen molar-refractivity contribution in [3.8, 4) is 0 Å². The number of hydrogen-bond donors (Lipinski definition) is 3. The minimum atomic E-state index is -1.06. The molecule has 0 fully saturated rings. The van der Waals surface area contributed by atoms with Crippen molar-refractivity contribution in [3.05, 3.63) is 0 Å². The molecule has 0 aromatic heterocycles.